The van der Waals surface area contributed by atoms with Crippen LogP contribution in [0, 0.1) is 5.92 Å². The fourth-order valence-electron chi connectivity index (χ4n) is 2.85. The normalized spacial score (nSPS) is 13.9. The fourth-order valence-corrected chi connectivity index (χ4v) is 2.85. The van der Waals surface area contributed by atoms with Crippen LogP contribution < -0.4 is 22.1 Å². The SMILES string of the molecule is C1CCNC1.CC(O)CC(=O)NC(CCN)C(=O)C(C)C.CCCCCCCC.NC=O. The lowest BCUT2D eigenvalue weighted by Gasteiger charge is -2.19. The van der Waals surface area contributed by atoms with Crippen molar-refractivity contribution in [1.29, 1.82) is 0 Å². The van der Waals surface area contributed by atoms with Gasteiger partial charge in [-0.3, -0.25) is 14.4 Å². The molecule has 8 heteroatoms. The average molecular weight is 461 g/mol. The average Bonchev–Trinajstić information content (AvgIpc) is 3.31. The Morgan fingerprint density at radius 3 is 1.78 bits per heavy atom. The van der Waals surface area contributed by atoms with E-state index in [2.05, 4.69) is 30.2 Å². The maximum absolute atomic E-state index is 11.7. The summed E-state index contributed by atoms with van der Waals surface area (Å²) in [4.78, 5) is 31.7. The Labute approximate surface area is 196 Å². The lowest BCUT2D eigenvalue weighted by atomic mass is 9.99. The highest BCUT2D eigenvalue weighted by atomic mass is 16.3. The molecule has 0 saturated carbocycles. The number of hydrogen-bond donors (Lipinski definition) is 5. The van der Waals surface area contributed by atoms with Crippen LogP contribution in [0.15, 0.2) is 0 Å². The summed E-state index contributed by atoms with van der Waals surface area (Å²) in [6, 6.07) is -0.531. The Hall–Kier alpha value is -1.51. The van der Waals surface area contributed by atoms with Gasteiger partial charge in [0.15, 0.2) is 5.78 Å². The molecule has 1 heterocycles. The Balaban J connectivity index is -0.000000430. The summed E-state index contributed by atoms with van der Waals surface area (Å²) in [7, 11) is 0. The minimum Gasteiger partial charge on any atom is -0.393 e. The highest BCUT2D eigenvalue weighted by molar-refractivity contribution is 5.90. The minimum atomic E-state index is -0.701. The number of ketones is 1. The molecule has 0 aromatic carbocycles. The number of hydrogen-bond acceptors (Lipinski definition) is 6. The van der Waals surface area contributed by atoms with Crippen LogP contribution in [0.3, 0.4) is 0 Å². The van der Waals surface area contributed by atoms with Crippen molar-refractivity contribution in [3.63, 3.8) is 0 Å². The molecule has 1 aliphatic heterocycles. The molecule has 0 aliphatic carbocycles. The maximum atomic E-state index is 11.7. The number of aliphatic hydroxyl groups is 1. The first kappa shape index (κ1) is 35.1. The Morgan fingerprint density at radius 1 is 1.03 bits per heavy atom. The molecule has 1 saturated heterocycles. The van der Waals surface area contributed by atoms with Gasteiger partial charge in [-0.2, -0.15) is 0 Å². The van der Waals surface area contributed by atoms with Gasteiger partial charge in [0.05, 0.1) is 18.6 Å². The van der Waals surface area contributed by atoms with E-state index < -0.39 is 12.1 Å². The first-order valence-corrected chi connectivity index (χ1v) is 12.3. The van der Waals surface area contributed by atoms with Crippen LogP contribution in [0.5, 0.6) is 0 Å². The Morgan fingerprint density at radius 2 is 1.50 bits per heavy atom. The molecule has 1 aliphatic rings. The van der Waals surface area contributed by atoms with Gasteiger partial charge in [-0.05, 0) is 45.8 Å². The molecule has 1 rings (SSSR count). The number of primary amides is 1. The summed E-state index contributed by atoms with van der Waals surface area (Å²) < 4.78 is 0. The molecule has 1 fully saturated rings. The summed E-state index contributed by atoms with van der Waals surface area (Å²) >= 11 is 0. The van der Waals surface area contributed by atoms with E-state index in [1.54, 1.807) is 13.8 Å². The van der Waals surface area contributed by atoms with Crippen molar-refractivity contribution in [3.05, 3.63) is 0 Å². The number of aliphatic hydroxyl groups excluding tert-OH is 1. The van der Waals surface area contributed by atoms with Gasteiger partial charge in [-0.1, -0.05) is 66.2 Å². The number of nitrogens with two attached hydrogens (primary N) is 2. The van der Waals surface area contributed by atoms with E-state index in [9.17, 15) is 9.59 Å². The van der Waals surface area contributed by atoms with Gasteiger partial charge in [-0.15, -0.1) is 0 Å². The zero-order chi connectivity index (χ0) is 25.2. The molecule has 8 nitrogen and oxygen atoms in total. The van der Waals surface area contributed by atoms with Crippen LogP contribution in [0.2, 0.25) is 0 Å². The van der Waals surface area contributed by atoms with Gasteiger partial charge < -0.3 is 27.2 Å². The molecule has 0 radical (unpaired) electrons. The maximum Gasteiger partial charge on any atom is 0.223 e. The summed E-state index contributed by atoms with van der Waals surface area (Å²) in [6.07, 6.45) is 11.3. The van der Waals surface area contributed by atoms with E-state index in [-0.39, 0.29) is 30.4 Å². The van der Waals surface area contributed by atoms with Crippen molar-refractivity contribution < 1.29 is 19.5 Å². The lowest BCUT2D eigenvalue weighted by molar-refractivity contribution is -0.130. The van der Waals surface area contributed by atoms with Crippen LogP contribution in [0.25, 0.3) is 0 Å². The Bertz CT molecular complexity index is 415. The predicted octanol–water partition coefficient (Wildman–Crippen LogP) is 2.65. The van der Waals surface area contributed by atoms with E-state index in [4.69, 9.17) is 15.6 Å². The first-order chi connectivity index (χ1) is 15.2. The quantitative estimate of drug-likeness (QED) is 0.223. The number of amides is 2. The predicted molar refractivity (Wildman–Crippen MR) is 133 cm³/mol. The van der Waals surface area contributed by atoms with Crippen molar-refractivity contribution in [2.75, 3.05) is 19.6 Å². The number of carbonyl (C=O) groups excluding carboxylic acids is 3. The summed E-state index contributed by atoms with van der Waals surface area (Å²) in [5, 5.41) is 14.9. The van der Waals surface area contributed by atoms with E-state index in [0.717, 1.165) is 0 Å². The Kier molecular flexibility index (Phi) is 30.2. The molecule has 192 valence electrons. The molecule has 0 aromatic heterocycles. The molecule has 0 spiro atoms. The molecular weight excluding hydrogens is 408 g/mol. The summed E-state index contributed by atoms with van der Waals surface area (Å²) in [5.74, 6) is -0.477. The summed E-state index contributed by atoms with van der Waals surface area (Å²) in [6.45, 7) is 12.5. The standard InChI is InChI=1S/C11H22N2O3.C8H18.C4H9N.CH3NO/c1-7(2)11(16)9(4-5-12)13-10(15)6-8(3)14;1-3-5-7-8-6-4-2;1-2-4-5-3-1;2-1-3/h7-9,14H,4-6,12H2,1-3H3,(H,13,15);3-8H2,1-2H3;5H,1-4H2;1H,(H2,2,3). The third kappa shape index (κ3) is 28.5. The zero-order valence-electron chi connectivity index (χ0n) is 21.3. The highest BCUT2D eigenvalue weighted by Crippen LogP contribution is 2.04. The number of nitrogens with one attached hydrogen (secondary N) is 2. The van der Waals surface area contributed by atoms with Crippen molar-refractivity contribution in [3.8, 4) is 0 Å². The summed E-state index contributed by atoms with van der Waals surface area (Å²) in [5.41, 5.74) is 9.56. The molecular formula is C24H52N4O4. The van der Waals surface area contributed by atoms with Crippen LogP contribution in [0.4, 0.5) is 0 Å². The second kappa shape index (κ2) is 27.5. The van der Waals surface area contributed by atoms with E-state index >= 15 is 0 Å². The monoisotopic (exact) mass is 460 g/mol. The molecule has 2 atom stereocenters. The van der Waals surface area contributed by atoms with Crippen LogP contribution in [-0.2, 0) is 14.4 Å². The third-order valence-electron chi connectivity index (χ3n) is 4.60. The van der Waals surface area contributed by atoms with E-state index in [1.807, 2.05) is 0 Å². The number of unbranched alkanes of at least 4 members (excludes halogenated alkanes) is 5. The third-order valence-corrected chi connectivity index (χ3v) is 4.60. The van der Waals surface area contributed by atoms with Crippen LogP contribution >= 0.6 is 0 Å². The topological polar surface area (TPSA) is 148 Å². The van der Waals surface area contributed by atoms with Crippen LogP contribution in [0.1, 0.15) is 98.8 Å². The second-order valence-electron chi connectivity index (χ2n) is 8.32. The first-order valence-electron chi connectivity index (χ1n) is 12.3. The molecule has 0 bridgehead atoms. The molecule has 0 aromatic rings. The van der Waals surface area contributed by atoms with Crippen LogP contribution in [-0.4, -0.2) is 55.0 Å². The van der Waals surface area contributed by atoms with Crippen molar-refractivity contribution in [1.82, 2.24) is 10.6 Å². The van der Waals surface area contributed by atoms with Crippen molar-refractivity contribution >= 4 is 18.1 Å². The minimum absolute atomic E-state index is 0.00640. The second-order valence-corrected chi connectivity index (χ2v) is 8.32. The zero-order valence-corrected chi connectivity index (χ0v) is 21.3. The lowest BCUT2D eigenvalue weighted by Crippen LogP contribution is -2.44. The number of rotatable bonds is 12. The van der Waals surface area contributed by atoms with Gasteiger partial charge >= 0.3 is 0 Å². The smallest absolute Gasteiger partial charge is 0.223 e. The van der Waals surface area contributed by atoms with Gasteiger partial charge in [0, 0.05) is 5.92 Å². The van der Waals surface area contributed by atoms with E-state index in [1.165, 1.54) is 71.4 Å². The van der Waals surface area contributed by atoms with Gasteiger partial charge in [0.25, 0.3) is 0 Å². The van der Waals surface area contributed by atoms with Crippen molar-refractivity contribution in [2.24, 2.45) is 17.4 Å². The van der Waals surface area contributed by atoms with Gasteiger partial charge in [0.2, 0.25) is 12.3 Å². The number of Topliss-reactive ketones (excluding diaryl/α,β-unsaturated/α-hetero) is 1. The van der Waals surface area contributed by atoms with Gasteiger partial charge in [-0.25, -0.2) is 0 Å². The van der Waals surface area contributed by atoms with Gasteiger partial charge in [0.1, 0.15) is 0 Å². The fraction of sp³-hybridized carbons (Fsp3) is 0.875. The molecule has 2 amide bonds. The molecule has 32 heavy (non-hydrogen) atoms. The highest BCUT2D eigenvalue weighted by Gasteiger charge is 2.22. The molecule has 7 N–H and O–H groups in total. The van der Waals surface area contributed by atoms with E-state index in [0.29, 0.717) is 13.0 Å². The number of carbonyl (C=O) groups is 3. The molecule has 2 unspecified atom stereocenters. The van der Waals surface area contributed by atoms with Crippen molar-refractivity contribution in [2.45, 2.75) is 111 Å². The largest absolute Gasteiger partial charge is 0.393 e.